The normalized spacial score (nSPS) is 18.4. The largest absolute Gasteiger partial charge is 1.00 e. The molecule has 12 N–H and O–H groups in total. The predicted octanol–water partition coefficient (Wildman–Crippen LogP) is -0.658. The first-order chi connectivity index (χ1) is 43.3. The SMILES string of the molecule is C.Cl.O=C1[C@H]([NH2+]CC(O)c2ccc(F)cc2)[C@@H](c2ccc(O)cc2)N1c1ccc(F)cc1.O=C1[C@H]([NH2+]C[C@@H](O)c2ccc(F)cc2)[C@@H](c2ccc(O)cc2)N1c1ccc(F)cc1.O=C1[C@H]([NH2+]C[C@H](O)c2ccc(F)cc2)[C@@H](c2ccc(O)cc2)N1c1ccc(F)cc1.[Cl-].[Cl-].[Cl-]. The number of hydrogen-bond donors (Lipinski definition) is 9. The molecule has 12 rings (SSSR count). The molecule has 0 aliphatic carbocycles. The second kappa shape index (κ2) is 34.6. The highest BCUT2D eigenvalue weighted by Gasteiger charge is 2.54. The van der Waals surface area contributed by atoms with Gasteiger partial charge in [-0.2, -0.15) is 0 Å². The summed E-state index contributed by atoms with van der Waals surface area (Å²) in [7, 11) is 0. The molecule has 0 spiro atoms. The van der Waals surface area contributed by atoms with Crippen LogP contribution in [0.1, 0.15) is 77.2 Å². The smallest absolute Gasteiger partial charge is 0.288 e. The van der Waals surface area contributed by atoms with Crippen LogP contribution in [-0.4, -0.2) is 86.1 Å². The van der Waals surface area contributed by atoms with E-state index in [-0.39, 0.29) is 147 Å². The molecule has 3 heterocycles. The molecule has 15 nitrogen and oxygen atoms in total. The molecule has 0 saturated carbocycles. The molecular weight excluding hydrogens is 1320 g/mol. The number of aliphatic hydroxyl groups excluding tert-OH is 3. The highest BCUT2D eigenvalue weighted by Crippen LogP contribution is 2.41. The zero-order chi connectivity index (χ0) is 63.8. The molecule has 3 saturated heterocycles. The molecule has 0 bridgehead atoms. The molecule has 502 valence electrons. The van der Waals surface area contributed by atoms with Gasteiger partial charge in [0, 0.05) is 17.1 Å². The van der Waals surface area contributed by atoms with E-state index in [1.807, 2.05) is 0 Å². The van der Waals surface area contributed by atoms with E-state index in [0.29, 0.717) is 33.8 Å². The first kappa shape index (κ1) is 77.0. The highest BCUT2D eigenvalue weighted by molar-refractivity contribution is 6.06. The molecule has 3 fully saturated rings. The Bertz CT molecular complexity index is 3500. The van der Waals surface area contributed by atoms with Crippen LogP contribution in [0.5, 0.6) is 17.2 Å². The van der Waals surface area contributed by atoms with Gasteiger partial charge in [-0.25, -0.2) is 26.3 Å². The maximum atomic E-state index is 13.3. The minimum absolute atomic E-state index is 0. The van der Waals surface area contributed by atoms with E-state index in [2.05, 4.69) is 0 Å². The van der Waals surface area contributed by atoms with Gasteiger partial charge >= 0.3 is 0 Å². The van der Waals surface area contributed by atoms with Gasteiger partial charge < -0.3 is 83.8 Å². The van der Waals surface area contributed by atoms with Crippen molar-refractivity contribution in [1.29, 1.82) is 0 Å². The lowest BCUT2D eigenvalue weighted by molar-refractivity contribution is -0.690. The summed E-state index contributed by atoms with van der Waals surface area (Å²) < 4.78 is 79.2. The van der Waals surface area contributed by atoms with Gasteiger partial charge in [0.2, 0.25) is 0 Å². The topological polar surface area (TPSA) is 232 Å². The summed E-state index contributed by atoms with van der Waals surface area (Å²) in [5.74, 6) is -2.46. The van der Waals surface area contributed by atoms with Gasteiger partial charge in [-0.15, -0.1) is 12.4 Å². The summed E-state index contributed by atoms with van der Waals surface area (Å²) in [4.78, 5) is 43.5. The van der Waals surface area contributed by atoms with E-state index < -0.39 is 53.9 Å². The monoisotopic (exact) mass is 1390 g/mol. The third-order valence-corrected chi connectivity index (χ3v) is 16.0. The van der Waals surface area contributed by atoms with E-state index in [1.54, 1.807) is 140 Å². The van der Waals surface area contributed by atoms with E-state index in [9.17, 15) is 71.4 Å². The Morgan fingerprint density at radius 3 is 0.684 bits per heavy atom. The van der Waals surface area contributed by atoms with Gasteiger partial charge in [-0.05, 0) is 179 Å². The molecule has 95 heavy (non-hydrogen) atoms. The molecule has 3 amide bonds. The fourth-order valence-electron chi connectivity index (χ4n) is 11.3. The van der Waals surface area contributed by atoms with Gasteiger partial charge in [-0.3, -0.25) is 29.1 Å². The van der Waals surface area contributed by atoms with Gasteiger partial charge in [-0.1, -0.05) is 80.2 Å². The first-order valence-corrected chi connectivity index (χ1v) is 28.7. The van der Waals surface area contributed by atoms with Gasteiger partial charge in [0.15, 0.2) is 18.1 Å². The number of carbonyl (C=O) groups excluding carboxylic acids is 3. The lowest BCUT2D eigenvalue weighted by Gasteiger charge is -2.45. The summed E-state index contributed by atoms with van der Waals surface area (Å²) >= 11 is 0. The molecule has 3 aliphatic heterocycles. The average molecular weight is 1390 g/mol. The van der Waals surface area contributed by atoms with Crippen LogP contribution in [0.25, 0.3) is 0 Å². The second-order valence-electron chi connectivity index (χ2n) is 21.9. The van der Waals surface area contributed by atoms with Crippen molar-refractivity contribution < 1.29 is 125 Å². The highest BCUT2D eigenvalue weighted by atomic mass is 35.5. The van der Waals surface area contributed by atoms with Gasteiger partial charge in [0.1, 0.15) is 108 Å². The molecule has 9 aromatic rings. The fourth-order valence-corrected chi connectivity index (χ4v) is 11.3. The summed E-state index contributed by atoms with van der Waals surface area (Å²) in [6, 6.07) is 51.0. The number of anilines is 3. The maximum Gasteiger partial charge on any atom is 0.288 e. The van der Waals surface area contributed by atoms with Crippen LogP contribution in [0.3, 0.4) is 0 Å². The predicted molar refractivity (Wildman–Crippen MR) is 334 cm³/mol. The summed E-state index contributed by atoms with van der Waals surface area (Å²) in [5.41, 5.74) is 5.86. The Hall–Kier alpha value is -8.71. The number of halogens is 10. The summed E-state index contributed by atoms with van der Waals surface area (Å²) in [6.45, 7) is 0.648. The van der Waals surface area contributed by atoms with Crippen molar-refractivity contribution >= 4 is 47.2 Å². The van der Waals surface area contributed by atoms with E-state index in [1.165, 1.54) is 109 Å². The number of quaternary nitrogens is 3. The third-order valence-electron chi connectivity index (χ3n) is 16.0. The van der Waals surface area contributed by atoms with Crippen LogP contribution in [0.2, 0.25) is 0 Å². The second-order valence-corrected chi connectivity index (χ2v) is 21.9. The minimum atomic E-state index is -0.862. The zero-order valence-corrected chi connectivity index (χ0v) is 52.5. The number of aromatic hydroxyl groups is 3. The fraction of sp³-hybridized carbons (Fsp3) is 0.186. The number of aliphatic hydroxyl groups is 3. The Balaban J connectivity index is 0.000000251. The van der Waals surface area contributed by atoms with Crippen molar-refractivity contribution in [2.24, 2.45) is 0 Å². The van der Waals surface area contributed by atoms with Crippen LogP contribution in [0.4, 0.5) is 43.4 Å². The van der Waals surface area contributed by atoms with Crippen molar-refractivity contribution in [2.45, 2.75) is 62.0 Å². The van der Waals surface area contributed by atoms with Gasteiger partial charge in [0.25, 0.3) is 17.7 Å². The van der Waals surface area contributed by atoms with E-state index >= 15 is 0 Å². The number of hydrogen-bond acceptors (Lipinski definition) is 9. The maximum absolute atomic E-state index is 13.3. The zero-order valence-electron chi connectivity index (χ0n) is 49.4. The van der Waals surface area contributed by atoms with Gasteiger partial charge in [0.05, 0.1) is 0 Å². The van der Waals surface area contributed by atoms with Crippen LogP contribution >= 0.6 is 12.4 Å². The Labute approximate surface area is 569 Å². The number of amides is 3. The molecule has 0 radical (unpaired) electrons. The molecule has 3 aliphatic rings. The summed E-state index contributed by atoms with van der Waals surface area (Å²) in [5, 5.41) is 65.3. The van der Waals surface area contributed by atoms with Crippen molar-refractivity contribution in [3.05, 3.63) is 287 Å². The number of benzene rings is 9. The van der Waals surface area contributed by atoms with Crippen LogP contribution in [0, 0.1) is 34.9 Å². The van der Waals surface area contributed by atoms with Crippen molar-refractivity contribution in [1.82, 2.24) is 0 Å². The van der Waals surface area contributed by atoms with Crippen molar-refractivity contribution in [3.8, 4) is 17.2 Å². The molecule has 9 atom stereocenters. The number of phenolic OH excluding ortho intramolecular Hbond substituents is 3. The van der Waals surface area contributed by atoms with Crippen molar-refractivity contribution in [3.63, 3.8) is 0 Å². The van der Waals surface area contributed by atoms with Crippen LogP contribution < -0.4 is 67.9 Å². The molecule has 0 aromatic heterocycles. The molecule has 25 heteroatoms. The Kier molecular flexibility index (Phi) is 28.1. The number of nitrogens with two attached hydrogens (primary N) is 3. The van der Waals surface area contributed by atoms with E-state index in [4.69, 9.17) is 0 Å². The average Bonchev–Trinajstić information content (AvgIpc) is 0.761. The van der Waals surface area contributed by atoms with Crippen LogP contribution in [-0.2, 0) is 14.4 Å². The number of carbonyl (C=O) groups is 3. The Morgan fingerprint density at radius 1 is 0.316 bits per heavy atom. The first-order valence-electron chi connectivity index (χ1n) is 28.7. The third kappa shape index (κ3) is 18.2. The number of nitrogens with zero attached hydrogens (tertiary/aromatic N) is 3. The Morgan fingerprint density at radius 2 is 0.495 bits per heavy atom. The molecular formula is C70H68Cl4F6N6O9. The lowest BCUT2D eigenvalue weighted by atomic mass is 9.87. The van der Waals surface area contributed by atoms with Crippen LogP contribution in [0.15, 0.2) is 218 Å². The standard InChI is InChI=1S/3C23H20F2N2O3.CH4.4ClH/c3*24-16-5-1-14(2-6-16)20(29)13-26-21-22(15-3-11-19(28)12-4-15)27(23(21)30)18-9-7-17(25)8-10-18;;;;;/h3*1-12,20-22,26,28-29H,13H2;1H4;4*1H/t20?,21-,22-;20-,21+,22+;20-,21-,22-;;;;;/m101...../s1. The number of rotatable bonds is 18. The molecule has 9 aromatic carbocycles. The lowest BCUT2D eigenvalue weighted by Crippen LogP contribution is -3.00. The molecule has 1 unspecified atom stereocenters. The van der Waals surface area contributed by atoms with Crippen molar-refractivity contribution in [2.75, 3.05) is 34.3 Å². The summed E-state index contributed by atoms with van der Waals surface area (Å²) in [6.07, 6.45) is -2.59. The quantitative estimate of drug-likeness (QED) is 0.0392. The minimum Gasteiger partial charge on any atom is -1.00 e. The number of phenols is 3. The van der Waals surface area contributed by atoms with E-state index in [0.717, 1.165) is 16.7 Å². The number of β-lactam (4-membered cyclic amide) rings is 3.